The number of carbonyl (C=O) groups excluding carboxylic acids is 2. The van der Waals surface area contributed by atoms with E-state index in [0.717, 1.165) is 24.9 Å². The quantitative estimate of drug-likeness (QED) is 0.695. The van der Waals surface area contributed by atoms with E-state index in [9.17, 15) is 9.59 Å². The first kappa shape index (κ1) is 23.3. The Bertz CT molecular complexity index is 898. The highest BCUT2D eigenvalue weighted by molar-refractivity contribution is 6.30. The maximum Gasteiger partial charge on any atom is 0.253 e. The second-order valence-corrected chi connectivity index (χ2v) is 9.03. The van der Waals surface area contributed by atoms with Crippen LogP contribution in [0.15, 0.2) is 48.5 Å². The van der Waals surface area contributed by atoms with Crippen molar-refractivity contribution >= 4 is 23.4 Å². The average molecular weight is 442 g/mol. The third kappa shape index (κ3) is 6.31. The molecule has 2 aromatic carbocycles. The fourth-order valence-corrected chi connectivity index (χ4v) is 3.94. The molecule has 0 spiro atoms. The molecule has 1 heterocycles. The van der Waals surface area contributed by atoms with Crippen LogP contribution in [0.1, 0.15) is 48.2 Å². The lowest BCUT2D eigenvalue weighted by Gasteiger charge is -2.32. The number of nitrogens with one attached hydrogen (secondary N) is 1. The lowest BCUT2D eigenvalue weighted by atomic mass is 9.96. The molecule has 1 aliphatic rings. The van der Waals surface area contributed by atoms with Gasteiger partial charge in [-0.25, -0.2) is 0 Å². The Morgan fingerprint density at radius 1 is 1.13 bits per heavy atom. The van der Waals surface area contributed by atoms with Crippen molar-refractivity contribution in [1.82, 2.24) is 15.1 Å². The summed E-state index contributed by atoms with van der Waals surface area (Å²) in [6.45, 7) is 6.81. The van der Waals surface area contributed by atoms with Crippen molar-refractivity contribution in [3.8, 4) is 0 Å². The zero-order chi connectivity index (χ0) is 22.4. The van der Waals surface area contributed by atoms with Crippen LogP contribution in [-0.2, 0) is 17.9 Å². The third-order valence-corrected chi connectivity index (χ3v) is 6.30. The third-order valence-electron chi connectivity index (χ3n) is 6.04. The number of carbonyl (C=O) groups is 2. The predicted molar refractivity (Wildman–Crippen MR) is 125 cm³/mol. The van der Waals surface area contributed by atoms with E-state index >= 15 is 0 Å². The van der Waals surface area contributed by atoms with Crippen LogP contribution >= 0.6 is 11.6 Å². The van der Waals surface area contributed by atoms with Gasteiger partial charge in [0.15, 0.2) is 0 Å². The monoisotopic (exact) mass is 441 g/mol. The fourth-order valence-electron chi connectivity index (χ4n) is 3.81. The molecule has 1 fully saturated rings. The van der Waals surface area contributed by atoms with Gasteiger partial charge in [-0.3, -0.25) is 14.5 Å². The van der Waals surface area contributed by atoms with E-state index in [1.54, 1.807) is 29.2 Å². The summed E-state index contributed by atoms with van der Waals surface area (Å²) < 4.78 is 0. The molecule has 1 aliphatic heterocycles. The molecular weight excluding hydrogens is 410 g/mol. The van der Waals surface area contributed by atoms with E-state index in [1.807, 2.05) is 12.1 Å². The molecule has 0 aliphatic carbocycles. The second-order valence-electron chi connectivity index (χ2n) is 8.59. The Balaban J connectivity index is 1.58. The van der Waals surface area contributed by atoms with Crippen LogP contribution in [0.2, 0.25) is 5.02 Å². The molecule has 5 nitrogen and oxygen atoms in total. The highest BCUT2D eigenvalue weighted by Gasteiger charge is 2.29. The van der Waals surface area contributed by atoms with Crippen LogP contribution in [0.4, 0.5) is 0 Å². The van der Waals surface area contributed by atoms with Crippen molar-refractivity contribution in [3.63, 3.8) is 0 Å². The van der Waals surface area contributed by atoms with Gasteiger partial charge < -0.3 is 10.2 Å². The Hall–Kier alpha value is -2.37. The van der Waals surface area contributed by atoms with Gasteiger partial charge in [0.2, 0.25) is 5.91 Å². The van der Waals surface area contributed by atoms with E-state index in [1.165, 1.54) is 5.56 Å². The van der Waals surface area contributed by atoms with Crippen LogP contribution in [0.5, 0.6) is 0 Å². The van der Waals surface area contributed by atoms with Crippen molar-refractivity contribution in [1.29, 1.82) is 0 Å². The standard InChI is InChI=1S/C25H32ClN3O2/c1-18(2)28(3)16-21-8-5-4-7-20(21)15-27-24(30)22-9-6-14-29(17-22)25(31)19-10-12-23(26)13-11-19/h4-5,7-8,10-13,18,22H,6,9,14-17H2,1-3H3,(H,27,30). The lowest BCUT2D eigenvalue weighted by molar-refractivity contribution is -0.126. The topological polar surface area (TPSA) is 52.7 Å². The minimum absolute atomic E-state index is 0.0145. The number of rotatable bonds is 7. The van der Waals surface area contributed by atoms with E-state index in [4.69, 9.17) is 11.6 Å². The molecule has 166 valence electrons. The molecule has 2 aromatic rings. The molecule has 1 atom stereocenters. The average Bonchev–Trinajstić information content (AvgIpc) is 2.78. The van der Waals surface area contributed by atoms with Gasteiger partial charge in [-0.2, -0.15) is 0 Å². The first-order chi connectivity index (χ1) is 14.8. The summed E-state index contributed by atoms with van der Waals surface area (Å²) in [5, 5.41) is 3.71. The molecule has 0 bridgehead atoms. The first-order valence-electron chi connectivity index (χ1n) is 10.9. The van der Waals surface area contributed by atoms with Crippen molar-refractivity contribution < 1.29 is 9.59 Å². The molecular formula is C25H32ClN3O2. The van der Waals surface area contributed by atoms with Gasteiger partial charge >= 0.3 is 0 Å². The highest BCUT2D eigenvalue weighted by Crippen LogP contribution is 2.20. The Morgan fingerprint density at radius 2 is 1.81 bits per heavy atom. The lowest BCUT2D eigenvalue weighted by Crippen LogP contribution is -2.45. The minimum Gasteiger partial charge on any atom is -0.352 e. The Labute approximate surface area is 190 Å². The van der Waals surface area contributed by atoms with Crippen molar-refractivity contribution in [3.05, 3.63) is 70.2 Å². The van der Waals surface area contributed by atoms with Gasteiger partial charge in [-0.15, -0.1) is 0 Å². The summed E-state index contributed by atoms with van der Waals surface area (Å²) in [6.07, 6.45) is 1.63. The van der Waals surface area contributed by atoms with Crippen molar-refractivity contribution in [2.75, 3.05) is 20.1 Å². The van der Waals surface area contributed by atoms with Gasteiger partial charge in [-0.1, -0.05) is 35.9 Å². The van der Waals surface area contributed by atoms with Crippen LogP contribution in [0.25, 0.3) is 0 Å². The molecule has 2 amide bonds. The summed E-state index contributed by atoms with van der Waals surface area (Å²) in [5.74, 6) is -0.215. The van der Waals surface area contributed by atoms with Gasteiger partial charge in [0.05, 0.1) is 5.92 Å². The Kier molecular flexibility index (Phi) is 8.10. The smallest absolute Gasteiger partial charge is 0.253 e. The number of amides is 2. The fraction of sp³-hybridized carbons (Fsp3) is 0.440. The van der Waals surface area contributed by atoms with E-state index < -0.39 is 0 Å². The number of likely N-dealkylation sites (tertiary alicyclic amines) is 1. The van der Waals surface area contributed by atoms with Gasteiger partial charge in [0.1, 0.15) is 0 Å². The van der Waals surface area contributed by atoms with Gasteiger partial charge in [0, 0.05) is 42.8 Å². The summed E-state index contributed by atoms with van der Waals surface area (Å²) in [6, 6.07) is 15.6. The van der Waals surface area contributed by atoms with Crippen LogP contribution in [0, 0.1) is 5.92 Å². The molecule has 0 aromatic heterocycles. The van der Waals surface area contributed by atoms with Crippen LogP contribution < -0.4 is 5.32 Å². The molecule has 1 unspecified atom stereocenters. The first-order valence-corrected chi connectivity index (χ1v) is 11.3. The van der Waals surface area contributed by atoms with Crippen LogP contribution in [0.3, 0.4) is 0 Å². The van der Waals surface area contributed by atoms with E-state index in [0.29, 0.717) is 36.3 Å². The number of hydrogen-bond acceptors (Lipinski definition) is 3. The molecule has 3 rings (SSSR count). The number of nitrogens with zero attached hydrogens (tertiary/aromatic N) is 2. The molecule has 1 saturated heterocycles. The van der Waals surface area contributed by atoms with Gasteiger partial charge in [-0.05, 0) is 69.1 Å². The molecule has 1 N–H and O–H groups in total. The van der Waals surface area contributed by atoms with Crippen molar-refractivity contribution in [2.24, 2.45) is 5.92 Å². The highest BCUT2D eigenvalue weighted by atomic mass is 35.5. The summed E-state index contributed by atoms with van der Waals surface area (Å²) in [4.78, 5) is 29.8. The zero-order valence-electron chi connectivity index (χ0n) is 18.6. The number of piperidine rings is 1. The molecule has 31 heavy (non-hydrogen) atoms. The van der Waals surface area contributed by atoms with Crippen molar-refractivity contribution in [2.45, 2.75) is 45.8 Å². The maximum absolute atomic E-state index is 12.9. The predicted octanol–water partition coefficient (Wildman–Crippen LogP) is 4.35. The van der Waals surface area contributed by atoms with Gasteiger partial charge in [0.25, 0.3) is 5.91 Å². The molecule has 6 heteroatoms. The zero-order valence-corrected chi connectivity index (χ0v) is 19.4. The molecule has 0 radical (unpaired) electrons. The van der Waals surface area contributed by atoms with E-state index in [2.05, 4.69) is 43.2 Å². The normalized spacial score (nSPS) is 16.6. The largest absolute Gasteiger partial charge is 0.352 e. The number of halogens is 1. The summed E-state index contributed by atoms with van der Waals surface area (Å²) >= 11 is 5.93. The Morgan fingerprint density at radius 3 is 2.48 bits per heavy atom. The summed E-state index contributed by atoms with van der Waals surface area (Å²) in [7, 11) is 2.11. The number of hydrogen-bond donors (Lipinski definition) is 1. The van der Waals surface area contributed by atoms with E-state index in [-0.39, 0.29) is 17.7 Å². The van der Waals surface area contributed by atoms with Crippen LogP contribution in [-0.4, -0.2) is 47.8 Å². The number of benzene rings is 2. The summed E-state index contributed by atoms with van der Waals surface area (Å²) in [5.41, 5.74) is 2.96. The minimum atomic E-state index is -0.185. The SMILES string of the molecule is CC(C)N(C)Cc1ccccc1CNC(=O)C1CCCN(C(=O)c2ccc(Cl)cc2)C1. The maximum atomic E-state index is 12.9. The second kappa shape index (κ2) is 10.8. The molecule has 0 saturated carbocycles.